The summed E-state index contributed by atoms with van der Waals surface area (Å²) in [4.78, 5) is 0. The third-order valence-electron chi connectivity index (χ3n) is 2.55. The van der Waals surface area contributed by atoms with Gasteiger partial charge in [-0.1, -0.05) is 6.92 Å². The molecule has 0 spiro atoms. The van der Waals surface area contributed by atoms with Gasteiger partial charge in [0.1, 0.15) is 0 Å². The molecule has 0 aromatic heterocycles. The minimum absolute atomic E-state index is 0.286. The van der Waals surface area contributed by atoms with Crippen molar-refractivity contribution in [2.24, 2.45) is 0 Å². The van der Waals surface area contributed by atoms with Crippen molar-refractivity contribution in [3.63, 3.8) is 0 Å². The van der Waals surface area contributed by atoms with Crippen molar-refractivity contribution in [1.82, 2.24) is 9.62 Å². The summed E-state index contributed by atoms with van der Waals surface area (Å²) < 4.78 is 25.5. The number of nitrogens with zero attached hydrogens (tertiary/aromatic N) is 1. The summed E-state index contributed by atoms with van der Waals surface area (Å²) >= 11 is 1.83. The van der Waals surface area contributed by atoms with Crippen molar-refractivity contribution in [2.45, 2.75) is 19.8 Å². The number of sulfonamides is 1. The summed E-state index contributed by atoms with van der Waals surface area (Å²) in [6.07, 6.45) is 1.81. The Hall–Kier alpha value is 0.220. The first-order valence-corrected chi connectivity index (χ1v) is 8.69. The van der Waals surface area contributed by atoms with Gasteiger partial charge < -0.3 is 5.32 Å². The highest BCUT2D eigenvalue weighted by Gasteiger charge is 2.23. The largest absolute Gasteiger partial charge is 0.317 e. The number of hydrogen-bond donors (Lipinski definition) is 1. The van der Waals surface area contributed by atoms with Gasteiger partial charge >= 0.3 is 0 Å². The minimum atomic E-state index is -2.99. The normalized spacial score (nSPS) is 18.8. The number of hydrogen-bond acceptors (Lipinski definition) is 4. The van der Waals surface area contributed by atoms with E-state index in [-0.39, 0.29) is 5.75 Å². The third kappa shape index (κ3) is 5.03. The minimum Gasteiger partial charge on any atom is -0.317 e. The first-order valence-electron chi connectivity index (χ1n) is 5.93. The number of nitrogens with one attached hydrogen (secondary N) is 1. The van der Waals surface area contributed by atoms with E-state index in [0.29, 0.717) is 19.5 Å². The van der Waals surface area contributed by atoms with Crippen LogP contribution in [0.3, 0.4) is 0 Å². The molecule has 1 aliphatic heterocycles. The predicted molar refractivity (Wildman–Crippen MR) is 70.5 cm³/mol. The maximum atomic E-state index is 11.9. The van der Waals surface area contributed by atoms with Crippen LogP contribution >= 0.6 is 11.8 Å². The van der Waals surface area contributed by atoms with Gasteiger partial charge in [0.25, 0.3) is 0 Å². The second-order valence-corrected chi connectivity index (χ2v) is 7.24. The molecule has 0 atom stereocenters. The van der Waals surface area contributed by atoms with Gasteiger partial charge in [0, 0.05) is 24.6 Å². The second kappa shape index (κ2) is 7.53. The van der Waals surface area contributed by atoms with Gasteiger partial charge in [-0.3, -0.25) is 0 Å². The van der Waals surface area contributed by atoms with Crippen LogP contribution in [0.2, 0.25) is 0 Å². The Morgan fingerprint density at radius 2 is 1.94 bits per heavy atom. The summed E-state index contributed by atoms with van der Waals surface area (Å²) in [6, 6.07) is 0. The van der Waals surface area contributed by atoms with Crippen LogP contribution in [0.4, 0.5) is 0 Å². The Balaban J connectivity index is 2.22. The molecule has 96 valence electrons. The maximum Gasteiger partial charge on any atom is 0.214 e. The molecular weight excluding hydrogens is 244 g/mol. The van der Waals surface area contributed by atoms with Gasteiger partial charge in [0.05, 0.1) is 5.75 Å². The molecule has 1 saturated heterocycles. The van der Waals surface area contributed by atoms with Crippen molar-refractivity contribution in [1.29, 1.82) is 0 Å². The molecule has 0 unspecified atom stereocenters. The predicted octanol–water partition coefficient (Wildman–Crippen LogP) is 0.755. The maximum absolute atomic E-state index is 11.9. The summed E-state index contributed by atoms with van der Waals surface area (Å²) in [6.45, 7) is 5.26. The van der Waals surface area contributed by atoms with E-state index in [4.69, 9.17) is 0 Å². The van der Waals surface area contributed by atoms with Crippen LogP contribution in [0.25, 0.3) is 0 Å². The highest BCUT2D eigenvalue weighted by Crippen LogP contribution is 2.13. The smallest absolute Gasteiger partial charge is 0.214 e. The molecule has 0 aromatic carbocycles. The van der Waals surface area contributed by atoms with Gasteiger partial charge in [-0.05, 0) is 25.9 Å². The Kier molecular flexibility index (Phi) is 6.72. The standard InChI is InChI=1S/C10H22N2O2S2/c1-2-4-11-5-3-10-16(13,14)12-6-8-15-9-7-12/h11H,2-10H2,1H3. The fourth-order valence-electron chi connectivity index (χ4n) is 1.64. The lowest BCUT2D eigenvalue weighted by Gasteiger charge is -2.25. The fraction of sp³-hybridized carbons (Fsp3) is 1.00. The molecule has 1 aliphatic rings. The van der Waals surface area contributed by atoms with Crippen LogP contribution in [0.15, 0.2) is 0 Å². The van der Waals surface area contributed by atoms with Crippen molar-refractivity contribution in [3.8, 4) is 0 Å². The SMILES string of the molecule is CCCNCCCS(=O)(=O)N1CCSCC1. The lowest BCUT2D eigenvalue weighted by atomic mass is 10.4. The van der Waals surface area contributed by atoms with E-state index in [9.17, 15) is 8.42 Å². The average molecular weight is 266 g/mol. The molecule has 1 heterocycles. The van der Waals surface area contributed by atoms with E-state index in [1.54, 1.807) is 4.31 Å². The monoisotopic (exact) mass is 266 g/mol. The topological polar surface area (TPSA) is 49.4 Å². The van der Waals surface area contributed by atoms with Gasteiger partial charge in [-0.25, -0.2) is 12.7 Å². The van der Waals surface area contributed by atoms with Crippen molar-refractivity contribution in [3.05, 3.63) is 0 Å². The number of thioether (sulfide) groups is 1. The van der Waals surface area contributed by atoms with E-state index >= 15 is 0 Å². The zero-order valence-corrected chi connectivity index (χ0v) is 11.6. The van der Waals surface area contributed by atoms with Crippen molar-refractivity contribution < 1.29 is 8.42 Å². The molecule has 1 rings (SSSR count). The van der Waals surface area contributed by atoms with Crippen LogP contribution < -0.4 is 5.32 Å². The van der Waals surface area contributed by atoms with Crippen molar-refractivity contribution in [2.75, 3.05) is 43.4 Å². The lowest BCUT2D eigenvalue weighted by molar-refractivity contribution is 0.442. The van der Waals surface area contributed by atoms with E-state index in [0.717, 1.165) is 31.0 Å². The van der Waals surface area contributed by atoms with Gasteiger partial charge in [0.2, 0.25) is 10.0 Å². The molecule has 0 aromatic rings. The van der Waals surface area contributed by atoms with E-state index < -0.39 is 10.0 Å². The molecule has 1 N–H and O–H groups in total. The van der Waals surface area contributed by atoms with Crippen LogP contribution in [0, 0.1) is 0 Å². The lowest BCUT2D eigenvalue weighted by Crippen LogP contribution is -2.39. The van der Waals surface area contributed by atoms with Crippen LogP contribution in [0.5, 0.6) is 0 Å². The quantitative estimate of drug-likeness (QED) is 0.691. The summed E-state index contributed by atoms with van der Waals surface area (Å²) in [7, 11) is -2.99. The zero-order valence-electron chi connectivity index (χ0n) is 9.94. The Bertz CT molecular complexity index is 275. The molecule has 0 bridgehead atoms. The molecule has 0 radical (unpaired) electrons. The molecule has 1 fully saturated rings. The van der Waals surface area contributed by atoms with E-state index in [1.807, 2.05) is 11.8 Å². The van der Waals surface area contributed by atoms with Crippen LogP contribution in [-0.4, -0.2) is 56.2 Å². The summed E-state index contributed by atoms with van der Waals surface area (Å²) in [5, 5.41) is 3.22. The Labute approximate surface area is 103 Å². The third-order valence-corrected chi connectivity index (χ3v) is 5.45. The van der Waals surface area contributed by atoms with Gasteiger partial charge in [-0.2, -0.15) is 11.8 Å². The van der Waals surface area contributed by atoms with Crippen LogP contribution in [-0.2, 0) is 10.0 Å². The summed E-state index contributed by atoms with van der Waals surface area (Å²) in [5.74, 6) is 2.16. The van der Waals surface area contributed by atoms with Gasteiger partial charge in [-0.15, -0.1) is 0 Å². The highest BCUT2D eigenvalue weighted by molar-refractivity contribution is 7.99. The number of rotatable bonds is 7. The molecule has 4 nitrogen and oxygen atoms in total. The molecule has 0 saturated carbocycles. The Morgan fingerprint density at radius 3 is 2.56 bits per heavy atom. The molecule has 6 heteroatoms. The van der Waals surface area contributed by atoms with Crippen LogP contribution in [0.1, 0.15) is 19.8 Å². The first kappa shape index (κ1) is 14.3. The highest BCUT2D eigenvalue weighted by atomic mass is 32.2. The molecule has 0 amide bonds. The molecule has 0 aliphatic carbocycles. The Morgan fingerprint density at radius 1 is 1.25 bits per heavy atom. The average Bonchev–Trinajstić information content (AvgIpc) is 2.30. The zero-order chi connectivity index (χ0) is 11.9. The first-order chi connectivity index (χ1) is 7.67. The molecular formula is C10H22N2O2S2. The summed E-state index contributed by atoms with van der Waals surface area (Å²) in [5.41, 5.74) is 0. The molecule has 16 heavy (non-hydrogen) atoms. The fourth-order valence-corrected chi connectivity index (χ4v) is 4.28. The van der Waals surface area contributed by atoms with E-state index in [1.165, 1.54) is 0 Å². The van der Waals surface area contributed by atoms with E-state index in [2.05, 4.69) is 12.2 Å². The van der Waals surface area contributed by atoms with Crippen molar-refractivity contribution >= 4 is 21.8 Å². The second-order valence-electron chi connectivity index (χ2n) is 3.93. The van der Waals surface area contributed by atoms with Gasteiger partial charge in [0.15, 0.2) is 0 Å².